The zero-order chi connectivity index (χ0) is 27.6. The summed E-state index contributed by atoms with van der Waals surface area (Å²) in [6, 6.07) is 7.33. The third kappa shape index (κ3) is 5.90. The first kappa shape index (κ1) is 28.1. The summed E-state index contributed by atoms with van der Waals surface area (Å²) in [5, 5.41) is 3.02. The van der Waals surface area contributed by atoms with Crippen LogP contribution in [0.3, 0.4) is 0 Å². The zero-order valence-corrected chi connectivity index (χ0v) is 23.9. The second-order valence-electron chi connectivity index (χ2n) is 12.0. The number of urea groups is 1. The summed E-state index contributed by atoms with van der Waals surface area (Å²) in [4.78, 5) is 45.3. The number of esters is 1. The number of nitrogens with zero attached hydrogens (tertiary/aromatic N) is 3. The molecule has 3 aliphatic rings. The Kier molecular flexibility index (Phi) is 8.50. The topological polar surface area (TPSA) is 82.2 Å². The first-order valence-corrected chi connectivity index (χ1v) is 14.1. The van der Waals surface area contributed by atoms with E-state index in [1.165, 1.54) is 10.5 Å². The van der Waals surface area contributed by atoms with Crippen molar-refractivity contribution in [2.75, 3.05) is 39.8 Å². The highest BCUT2D eigenvalue weighted by atomic mass is 16.5. The van der Waals surface area contributed by atoms with Gasteiger partial charge >= 0.3 is 12.0 Å². The van der Waals surface area contributed by atoms with E-state index in [-0.39, 0.29) is 35.9 Å². The van der Waals surface area contributed by atoms with E-state index in [1.807, 2.05) is 17.0 Å². The van der Waals surface area contributed by atoms with Gasteiger partial charge in [0.05, 0.1) is 18.2 Å². The highest BCUT2D eigenvalue weighted by Gasteiger charge is 2.39. The zero-order valence-electron chi connectivity index (χ0n) is 23.9. The Balaban J connectivity index is 1.60. The van der Waals surface area contributed by atoms with Gasteiger partial charge in [-0.05, 0) is 43.2 Å². The van der Waals surface area contributed by atoms with Crippen LogP contribution in [0, 0.1) is 5.92 Å². The fourth-order valence-corrected chi connectivity index (χ4v) is 5.95. The minimum Gasteiger partial charge on any atom is -0.463 e. The van der Waals surface area contributed by atoms with E-state index < -0.39 is 12.0 Å². The molecule has 0 radical (unpaired) electrons. The molecule has 8 heteroatoms. The van der Waals surface area contributed by atoms with Crippen LogP contribution in [0.5, 0.6) is 0 Å². The first-order chi connectivity index (χ1) is 18.0. The number of carbonyl (C=O) groups is 3. The minimum absolute atomic E-state index is 0.00246. The summed E-state index contributed by atoms with van der Waals surface area (Å²) in [6.45, 7) is 13.1. The number of nitrogens with one attached hydrogen (secondary N) is 1. The molecule has 1 aliphatic carbocycles. The van der Waals surface area contributed by atoms with Crippen LogP contribution in [0.2, 0.25) is 0 Å². The number of amides is 3. The van der Waals surface area contributed by atoms with Crippen molar-refractivity contribution in [1.82, 2.24) is 20.0 Å². The van der Waals surface area contributed by atoms with E-state index in [4.69, 9.17) is 4.74 Å². The molecule has 1 N–H and O–H groups in total. The predicted molar refractivity (Wildman–Crippen MR) is 147 cm³/mol. The summed E-state index contributed by atoms with van der Waals surface area (Å²) >= 11 is 0. The van der Waals surface area contributed by atoms with Gasteiger partial charge in [0.25, 0.3) is 0 Å². The van der Waals surface area contributed by atoms with Crippen molar-refractivity contribution < 1.29 is 19.1 Å². The molecule has 2 fully saturated rings. The number of likely N-dealkylation sites (N-methyl/N-ethyl adjacent to an activating group) is 1. The summed E-state index contributed by atoms with van der Waals surface area (Å²) in [7, 11) is 1.70. The lowest BCUT2D eigenvalue weighted by atomic mass is 9.85. The molecule has 0 aromatic heterocycles. The number of hydrogen-bond acceptors (Lipinski definition) is 5. The average molecular weight is 525 g/mol. The lowest BCUT2D eigenvalue weighted by Gasteiger charge is -2.43. The third-order valence-corrected chi connectivity index (χ3v) is 8.25. The van der Waals surface area contributed by atoms with Crippen molar-refractivity contribution in [2.45, 2.75) is 77.8 Å². The Morgan fingerprint density at radius 3 is 2.32 bits per heavy atom. The molecule has 1 saturated carbocycles. The van der Waals surface area contributed by atoms with E-state index in [2.05, 4.69) is 50.0 Å². The maximum absolute atomic E-state index is 13.3. The van der Waals surface area contributed by atoms with Gasteiger partial charge in [-0.3, -0.25) is 14.6 Å². The molecule has 4 rings (SSSR count). The molecule has 0 bridgehead atoms. The Morgan fingerprint density at radius 2 is 1.74 bits per heavy atom. The quantitative estimate of drug-likeness (QED) is 0.564. The van der Waals surface area contributed by atoms with E-state index in [0.29, 0.717) is 37.4 Å². The van der Waals surface area contributed by atoms with E-state index in [1.54, 1.807) is 14.0 Å². The van der Waals surface area contributed by atoms with Crippen molar-refractivity contribution in [3.05, 3.63) is 46.7 Å². The predicted octanol–water partition coefficient (Wildman–Crippen LogP) is 4.22. The maximum Gasteiger partial charge on any atom is 0.338 e. The van der Waals surface area contributed by atoms with Crippen LogP contribution in [-0.2, 0) is 19.7 Å². The van der Waals surface area contributed by atoms with Crippen LogP contribution in [-0.4, -0.2) is 78.5 Å². The Morgan fingerprint density at radius 1 is 1.08 bits per heavy atom. The van der Waals surface area contributed by atoms with Gasteiger partial charge in [0.2, 0.25) is 5.91 Å². The number of hydrogen-bond donors (Lipinski definition) is 1. The van der Waals surface area contributed by atoms with E-state index in [9.17, 15) is 14.4 Å². The fourth-order valence-electron chi connectivity index (χ4n) is 5.95. The van der Waals surface area contributed by atoms with Gasteiger partial charge in [-0.1, -0.05) is 57.9 Å². The van der Waals surface area contributed by atoms with Gasteiger partial charge in [0.15, 0.2) is 0 Å². The standard InChI is InChI=1S/C30H44N4O4/c1-7-38-28(36)25-24(19-33-16-17-34(20(2)18-33)27(35)22-10-8-9-11-22)32(6)29(37)31-26(25)21-12-14-23(15-13-21)30(3,4)5/h12-15,20,22,26H,7-11,16-19H2,1-6H3,(H,31,37)/t20-,26+/m0/s1. The molecule has 8 nitrogen and oxygen atoms in total. The number of rotatable bonds is 6. The number of piperazine rings is 1. The summed E-state index contributed by atoms with van der Waals surface area (Å²) in [5.74, 6) is 0.0390. The van der Waals surface area contributed by atoms with Gasteiger partial charge in [-0.25, -0.2) is 9.59 Å². The van der Waals surface area contributed by atoms with Crippen molar-refractivity contribution in [3.8, 4) is 0 Å². The second-order valence-corrected chi connectivity index (χ2v) is 12.0. The lowest BCUT2D eigenvalue weighted by molar-refractivity contribution is -0.140. The molecule has 0 unspecified atom stereocenters. The van der Waals surface area contributed by atoms with E-state index in [0.717, 1.165) is 31.2 Å². The molecule has 2 atom stereocenters. The van der Waals surface area contributed by atoms with Crippen LogP contribution in [0.25, 0.3) is 0 Å². The Labute approximate surface area is 227 Å². The molecule has 1 aromatic rings. The van der Waals surface area contributed by atoms with Crippen LogP contribution < -0.4 is 5.32 Å². The molecule has 0 spiro atoms. The van der Waals surface area contributed by atoms with Crippen LogP contribution in [0.4, 0.5) is 4.79 Å². The first-order valence-electron chi connectivity index (χ1n) is 14.1. The highest BCUT2D eigenvalue weighted by Crippen LogP contribution is 2.34. The molecule has 208 valence electrons. The van der Waals surface area contributed by atoms with Crippen molar-refractivity contribution in [3.63, 3.8) is 0 Å². The van der Waals surface area contributed by atoms with Gasteiger partial charge < -0.3 is 15.0 Å². The molecule has 1 saturated heterocycles. The number of benzene rings is 1. The van der Waals surface area contributed by atoms with Crippen molar-refractivity contribution in [1.29, 1.82) is 0 Å². The summed E-state index contributed by atoms with van der Waals surface area (Å²) < 4.78 is 5.49. The summed E-state index contributed by atoms with van der Waals surface area (Å²) in [5.41, 5.74) is 3.15. The van der Waals surface area contributed by atoms with Gasteiger partial charge in [-0.2, -0.15) is 0 Å². The van der Waals surface area contributed by atoms with Gasteiger partial charge in [0.1, 0.15) is 0 Å². The highest BCUT2D eigenvalue weighted by molar-refractivity contribution is 5.95. The number of ether oxygens (including phenoxy) is 1. The Hall–Kier alpha value is -2.87. The Bertz CT molecular complexity index is 1070. The second kappa shape index (κ2) is 11.5. The maximum atomic E-state index is 13.3. The van der Waals surface area contributed by atoms with E-state index >= 15 is 0 Å². The van der Waals surface area contributed by atoms with Crippen LogP contribution >= 0.6 is 0 Å². The lowest BCUT2D eigenvalue weighted by Crippen LogP contribution is -2.57. The molecular weight excluding hydrogens is 480 g/mol. The molecule has 2 heterocycles. The molecule has 38 heavy (non-hydrogen) atoms. The van der Waals surface area contributed by atoms with Crippen LogP contribution in [0.15, 0.2) is 35.5 Å². The van der Waals surface area contributed by atoms with Crippen LogP contribution in [0.1, 0.15) is 77.5 Å². The summed E-state index contributed by atoms with van der Waals surface area (Å²) in [6.07, 6.45) is 4.28. The third-order valence-electron chi connectivity index (χ3n) is 8.25. The number of carbonyl (C=O) groups excluding carboxylic acids is 3. The van der Waals surface area contributed by atoms with Gasteiger partial charge in [0, 0.05) is 50.9 Å². The molecule has 1 aromatic carbocycles. The SMILES string of the molecule is CCOC(=O)C1=C(CN2CCN(C(=O)C3CCCC3)[C@@H](C)C2)N(C)C(=O)N[C@@H]1c1ccc(C(C)(C)C)cc1. The molecular formula is C30H44N4O4. The monoisotopic (exact) mass is 524 g/mol. The smallest absolute Gasteiger partial charge is 0.338 e. The van der Waals surface area contributed by atoms with Gasteiger partial charge in [-0.15, -0.1) is 0 Å². The fraction of sp³-hybridized carbons (Fsp3) is 0.633. The minimum atomic E-state index is -0.593. The average Bonchev–Trinajstić information content (AvgIpc) is 3.41. The molecule has 2 aliphatic heterocycles. The molecule has 3 amide bonds. The van der Waals surface area contributed by atoms with Crippen molar-refractivity contribution in [2.24, 2.45) is 5.92 Å². The normalized spacial score (nSPS) is 23.6. The van der Waals surface area contributed by atoms with Crippen molar-refractivity contribution >= 4 is 17.9 Å². The largest absolute Gasteiger partial charge is 0.463 e.